The molecule has 5 heteroatoms. The average molecular weight is 291 g/mol. The molecule has 0 amide bonds. The van der Waals surface area contributed by atoms with Crippen LogP contribution >= 0.6 is 11.8 Å². The van der Waals surface area contributed by atoms with Crippen LogP contribution in [0, 0.1) is 0 Å². The highest BCUT2D eigenvalue weighted by Crippen LogP contribution is 2.37. The third kappa shape index (κ3) is 5.45. The topological polar surface area (TPSA) is 12.0 Å². The summed E-state index contributed by atoms with van der Waals surface area (Å²) in [6.07, 6.45) is -1.19. The van der Waals surface area contributed by atoms with Gasteiger partial charge in [-0.2, -0.15) is 13.2 Å². The molecule has 0 aliphatic rings. The zero-order chi connectivity index (χ0) is 14.3. The first kappa shape index (κ1) is 16.4. The Morgan fingerprint density at radius 3 is 2.53 bits per heavy atom. The van der Waals surface area contributed by atoms with Crippen LogP contribution in [0.5, 0.6) is 0 Å². The van der Waals surface area contributed by atoms with E-state index in [-0.39, 0.29) is 0 Å². The Morgan fingerprint density at radius 2 is 1.95 bits per heavy atom. The monoisotopic (exact) mass is 291 g/mol. The maximum absolute atomic E-state index is 13.0. The van der Waals surface area contributed by atoms with Crippen LogP contribution in [0.2, 0.25) is 0 Å². The molecule has 1 rings (SSSR count). The lowest BCUT2D eigenvalue weighted by Crippen LogP contribution is -2.10. The van der Waals surface area contributed by atoms with E-state index in [0.29, 0.717) is 17.0 Å². The summed E-state index contributed by atoms with van der Waals surface area (Å²) in [5.74, 6) is 0.738. The Bertz CT molecular complexity index is 391. The second-order valence-corrected chi connectivity index (χ2v) is 5.55. The summed E-state index contributed by atoms with van der Waals surface area (Å²) in [4.78, 5) is 0.337. The number of hydrogen-bond acceptors (Lipinski definition) is 2. The normalized spacial score (nSPS) is 11.8. The molecule has 108 valence electrons. The molecule has 0 aliphatic carbocycles. The Labute approximate surface area is 117 Å². The fraction of sp³-hybridized carbons (Fsp3) is 0.571. The molecule has 0 aromatic heterocycles. The van der Waals surface area contributed by atoms with Crippen LogP contribution < -0.4 is 5.32 Å². The molecule has 0 saturated carbocycles. The minimum absolute atomic E-state index is 0.337. The quantitative estimate of drug-likeness (QED) is 0.577. The lowest BCUT2D eigenvalue weighted by Gasteiger charge is -2.14. The number of thioether (sulfide) groups is 1. The second-order valence-electron chi connectivity index (χ2n) is 4.41. The van der Waals surface area contributed by atoms with E-state index in [1.54, 1.807) is 19.2 Å². The van der Waals surface area contributed by atoms with Gasteiger partial charge in [-0.15, -0.1) is 11.8 Å². The Kier molecular flexibility index (Phi) is 6.72. The minimum Gasteiger partial charge on any atom is -0.316 e. The van der Waals surface area contributed by atoms with Gasteiger partial charge in [0, 0.05) is 11.4 Å². The first-order chi connectivity index (χ1) is 8.99. The van der Waals surface area contributed by atoms with Gasteiger partial charge in [0.25, 0.3) is 0 Å². The highest BCUT2D eigenvalue weighted by molar-refractivity contribution is 7.99. The minimum atomic E-state index is -4.28. The van der Waals surface area contributed by atoms with Crippen LogP contribution in [0.1, 0.15) is 37.3 Å². The van der Waals surface area contributed by atoms with E-state index in [4.69, 9.17) is 0 Å². The number of halogens is 3. The van der Waals surface area contributed by atoms with E-state index in [9.17, 15) is 13.2 Å². The lowest BCUT2D eigenvalue weighted by atomic mass is 10.1. The molecule has 0 heterocycles. The highest BCUT2D eigenvalue weighted by Gasteiger charge is 2.33. The molecule has 0 saturated heterocycles. The molecule has 1 aromatic carbocycles. The van der Waals surface area contributed by atoms with E-state index in [1.165, 1.54) is 17.8 Å². The van der Waals surface area contributed by atoms with E-state index in [2.05, 4.69) is 12.2 Å². The Morgan fingerprint density at radius 1 is 1.21 bits per heavy atom. The summed E-state index contributed by atoms with van der Waals surface area (Å²) >= 11 is 1.30. The molecule has 0 bridgehead atoms. The molecule has 0 atom stereocenters. The summed E-state index contributed by atoms with van der Waals surface area (Å²) in [5.41, 5.74) is 0.148. The molecule has 0 fully saturated rings. The molecule has 0 unspecified atom stereocenters. The Balaban J connectivity index is 2.84. The van der Waals surface area contributed by atoms with Crippen LogP contribution in [-0.2, 0) is 12.7 Å². The maximum Gasteiger partial charge on any atom is 0.417 e. The van der Waals surface area contributed by atoms with Gasteiger partial charge in [0.2, 0.25) is 0 Å². The van der Waals surface area contributed by atoms with Crippen molar-refractivity contribution in [1.29, 1.82) is 0 Å². The molecular weight excluding hydrogens is 271 g/mol. The summed E-state index contributed by atoms with van der Waals surface area (Å²) in [6.45, 7) is 2.53. The largest absolute Gasteiger partial charge is 0.417 e. The third-order valence-corrected chi connectivity index (χ3v) is 3.90. The molecular formula is C14H20F3NS. The summed E-state index contributed by atoms with van der Waals surface area (Å²) < 4.78 is 39.0. The predicted octanol–water partition coefficient (Wildman–Crippen LogP) is 4.71. The maximum atomic E-state index is 13.0. The van der Waals surface area contributed by atoms with Crippen molar-refractivity contribution in [2.45, 2.75) is 43.8 Å². The van der Waals surface area contributed by atoms with Crippen molar-refractivity contribution in [2.75, 3.05) is 12.8 Å². The number of rotatable bonds is 7. The number of benzene rings is 1. The van der Waals surface area contributed by atoms with Gasteiger partial charge in [-0.3, -0.25) is 0 Å². The van der Waals surface area contributed by atoms with Crippen molar-refractivity contribution in [3.63, 3.8) is 0 Å². The van der Waals surface area contributed by atoms with Crippen molar-refractivity contribution < 1.29 is 13.2 Å². The van der Waals surface area contributed by atoms with Crippen molar-refractivity contribution >= 4 is 11.8 Å². The summed E-state index contributed by atoms with van der Waals surface area (Å²) in [5, 5.41) is 2.87. The zero-order valence-corrected chi connectivity index (χ0v) is 12.1. The fourth-order valence-electron chi connectivity index (χ4n) is 1.77. The smallest absolute Gasteiger partial charge is 0.316 e. The molecule has 0 aliphatic heterocycles. The van der Waals surface area contributed by atoms with E-state index >= 15 is 0 Å². The van der Waals surface area contributed by atoms with Gasteiger partial charge >= 0.3 is 6.18 Å². The molecule has 1 nitrogen and oxygen atoms in total. The standard InChI is InChI=1S/C14H20F3NS/c1-3-4-5-8-19-13-7-6-11(10-18-2)9-12(13)14(15,16)17/h6-7,9,18H,3-5,8,10H2,1-2H3. The average Bonchev–Trinajstić information content (AvgIpc) is 2.35. The van der Waals surface area contributed by atoms with Crippen molar-refractivity contribution in [3.8, 4) is 0 Å². The number of alkyl halides is 3. The van der Waals surface area contributed by atoms with Gasteiger partial charge in [-0.1, -0.05) is 25.8 Å². The summed E-state index contributed by atoms with van der Waals surface area (Å²) in [7, 11) is 1.72. The van der Waals surface area contributed by atoms with E-state index in [0.717, 1.165) is 25.0 Å². The third-order valence-electron chi connectivity index (χ3n) is 2.74. The van der Waals surface area contributed by atoms with Gasteiger partial charge < -0.3 is 5.32 Å². The van der Waals surface area contributed by atoms with Gasteiger partial charge in [0.1, 0.15) is 0 Å². The highest BCUT2D eigenvalue weighted by atomic mass is 32.2. The van der Waals surface area contributed by atoms with Crippen LogP contribution in [0.25, 0.3) is 0 Å². The molecule has 1 aromatic rings. The molecule has 19 heavy (non-hydrogen) atoms. The summed E-state index contributed by atoms with van der Waals surface area (Å²) in [6, 6.07) is 4.60. The number of nitrogens with one attached hydrogen (secondary N) is 1. The fourth-order valence-corrected chi connectivity index (χ4v) is 2.84. The first-order valence-electron chi connectivity index (χ1n) is 6.46. The van der Waals surface area contributed by atoms with E-state index in [1.807, 2.05) is 0 Å². The Hall–Kier alpha value is -0.680. The van der Waals surface area contributed by atoms with Crippen molar-refractivity contribution in [3.05, 3.63) is 29.3 Å². The van der Waals surface area contributed by atoms with Gasteiger partial charge in [0.15, 0.2) is 0 Å². The van der Waals surface area contributed by atoms with Crippen LogP contribution in [0.3, 0.4) is 0 Å². The number of hydrogen-bond donors (Lipinski definition) is 1. The predicted molar refractivity (Wildman–Crippen MR) is 74.5 cm³/mol. The van der Waals surface area contributed by atoms with Gasteiger partial charge in [-0.25, -0.2) is 0 Å². The molecule has 1 N–H and O–H groups in total. The van der Waals surface area contributed by atoms with Crippen molar-refractivity contribution in [2.24, 2.45) is 0 Å². The number of unbranched alkanes of at least 4 members (excludes halogenated alkanes) is 2. The van der Waals surface area contributed by atoms with Crippen LogP contribution in [-0.4, -0.2) is 12.8 Å². The van der Waals surface area contributed by atoms with Crippen LogP contribution in [0.4, 0.5) is 13.2 Å². The second kappa shape index (κ2) is 7.80. The first-order valence-corrected chi connectivity index (χ1v) is 7.45. The zero-order valence-electron chi connectivity index (χ0n) is 11.3. The van der Waals surface area contributed by atoms with Gasteiger partial charge in [-0.05, 0) is 36.9 Å². The SMILES string of the molecule is CCCCCSc1ccc(CNC)cc1C(F)(F)F. The van der Waals surface area contributed by atoms with Crippen molar-refractivity contribution in [1.82, 2.24) is 5.32 Å². The molecule has 0 radical (unpaired) electrons. The lowest BCUT2D eigenvalue weighted by molar-refractivity contribution is -0.139. The molecule has 0 spiro atoms. The van der Waals surface area contributed by atoms with E-state index < -0.39 is 11.7 Å². The van der Waals surface area contributed by atoms with Gasteiger partial charge in [0.05, 0.1) is 5.56 Å². The van der Waals surface area contributed by atoms with Crippen LogP contribution in [0.15, 0.2) is 23.1 Å².